The summed E-state index contributed by atoms with van der Waals surface area (Å²) in [4.78, 5) is 28.8. The van der Waals surface area contributed by atoms with Crippen LogP contribution in [-0.2, 0) is 9.53 Å². The molecule has 0 fully saturated rings. The topological polar surface area (TPSA) is 79.0 Å². The predicted molar refractivity (Wildman–Crippen MR) is 89.5 cm³/mol. The Morgan fingerprint density at radius 2 is 2.04 bits per heavy atom. The van der Waals surface area contributed by atoms with Crippen molar-refractivity contribution in [1.82, 2.24) is 19.3 Å². The van der Waals surface area contributed by atoms with Crippen LogP contribution in [0.5, 0.6) is 0 Å². The fourth-order valence-electron chi connectivity index (χ4n) is 2.35. The first-order valence-corrected chi connectivity index (χ1v) is 7.78. The number of hydrogen-bond acceptors (Lipinski definition) is 5. The molecule has 0 N–H and O–H groups in total. The second kappa shape index (κ2) is 6.45. The summed E-state index contributed by atoms with van der Waals surface area (Å²) in [5.74, 6) is -0.481. The van der Waals surface area contributed by atoms with Crippen LogP contribution in [-0.4, -0.2) is 31.9 Å². The van der Waals surface area contributed by atoms with Gasteiger partial charge in [0.1, 0.15) is 17.8 Å². The zero-order chi connectivity index (χ0) is 17.3. The van der Waals surface area contributed by atoms with Gasteiger partial charge in [0.15, 0.2) is 5.65 Å². The Kier molecular flexibility index (Phi) is 4.35. The molecule has 1 aromatic carbocycles. The number of rotatable bonds is 4. The van der Waals surface area contributed by atoms with Crippen LogP contribution in [0.25, 0.3) is 16.7 Å². The molecular weight excluding hydrogens is 332 g/mol. The minimum absolute atomic E-state index is 0.252. The highest BCUT2D eigenvalue weighted by atomic mass is 35.5. The van der Waals surface area contributed by atoms with Crippen molar-refractivity contribution in [1.29, 1.82) is 0 Å². The molecule has 0 aliphatic heterocycles. The van der Waals surface area contributed by atoms with Gasteiger partial charge in [0, 0.05) is 5.02 Å². The summed E-state index contributed by atoms with van der Waals surface area (Å²) < 4.78 is 7.74. The van der Waals surface area contributed by atoms with Gasteiger partial charge in [-0.2, -0.15) is 5.10 Å². The van der Waals surface area contributed by atoms with Crippen LogP contribution >= 0.6 is 11.6 Å². The second-order valence-corrected chi connectivity index (χ2v) is 5.59. The maximum atomic E-state index is 12.6. The summed E-state index contributed by atoms with van der Waals surface area (Å²) >= 11 is 5.89. The highest BCUT2D eigenvalue weighted by Gasteiger charge is 2.20. The Morgan fingerprint density at radius 3 is 2.71 bits per heavy atom. The van der Waals surface area contributed by atoms with Gasteiger partial charge in [-0.05, 0) is 38.1 Å². The molecule has 3 aromatic rings. The zero-order valence-electron chi connectivity index (χ0n) is 13.1. The van der Waals surface area contributed by atoms with Crippen molar-refractivity contribution < 1.29 is 9.53 Å². The van der Waals surface area contributed by atoms with Crippen LogP contribution < -0.4 is 5.56 Å². The molecule has 3 rings (SSSR count). The molecule has 0 bridgehead atoms. The molecule has 24 heavy (non-hydrogen) atoms. The molecule has 0 aliphatic carbocycles. The number of aromatic nitrogens is 4. The minimum Gasteiger partial charge on any atom is -0.464 e. The molecule has 2 heterocycles. The number of fused-ring (bicyclic) bond motifs is 1. The molecule has 8 heteroatoms. The number of nitrogens with zero attached hydrogens (tertiary/aromatic N) is 4. The van der Waals surface area contributed by atoms with E-state index >= 15 is 0 Å². The van der Waals surface area contributed by atoms with Gasteiger partial charge >= 0.3 is 5.97 Å². The standard InChI is InChI=1S/C16H15ClN4O3/c1-3-24-16(23)10(2)20-9-18-14-13(15(20)22)8-19-21(14)12-6-4-11(17)5-7-12/h4-10H,3H2,1-2H3/t10-/m1/s1. The lowest BCUT2D eigenvalue weighted by Crippen LogP contribution is -2.29. The van der Waals surface area contributed by atoms with Gasteiger partial charge in [0.25, 0.3) is 5.56 Å². The number of carbonyl (C=O) groups is 1. The Hall–Kier alpha value is -2.67. The van der Waals surface area contributed by atoms with E-state index in [2.05, 4.69) is 10.1 Å². The van der Waals surface area contributed by atoms with Crippen molar-refractivity contribution in [2.45, 2.75) is 19.9 Å². The molecule has 124 valence electrons. The second-order valence-electron chi connectivity index (χ2n) is 5.16. The lowest BCUT2D eigenvalue weighted by molar-refractivity contribution is -0.146. The van der Waals surface area contributed by atoms with Crippen LogP contribution in [0, 0.1) is 0 Å². The van der Waals surface area contributed by atoms with E-state index in [9.17, 15) is 9.59 Å². The summed E-state index contributed by atoms with van der Waals surface area (Å²) in [6, 6.07) is 6.27. The van der Waals surface area contributed by atoms with Gasteiger partial charge < -0.3 is 4.74 Å². The van der Waals surface area contributed by atoms with Gasteiger partial charge in [-0.15, -0.1) is 0 Å². The summed E-state index contributed by atoms with van der Waals surface area (Å²) in [5.41, 5.74) is 0.799. The molecule has 0 amide bonds. The number of halogens is 1. The van der Waals surface area contributed by atoms with Gasteiger partial charge in [-0.3, -0.25) is 9.36 Å². The third kappa shape index (κ3) is 2.78. The Balaban J connectivity index is 2.07. The van der Waals surface area contributed by atoms with E-state index in [0.29, 0.717) is 16.1 Å². The van der Waals surface area contributed by atoms with Crippen LogP contribution in [0.3, 0.4) is 0 Å². The molecule has 7 nitrogen and oxygen atoms in total. The third-order valence-electron chi connectivity index (χ3n) is 3.63. The zero-order valence-corrected chi connectivity index (χ0v) is 13.9. The largest absolute Gasteiger partial charge is 0.464 e. The molecule has 1 atom stereocenters. The maximum absolute atomic E-state index is 12.6. The lowest BCUT2D eigenvalue weighted by Gasteiger charge is -2.13. The van der Waals surface area contributed by atoms with E-state index in [-0.39, 0.29) is 12.2 Å². The van der Waals surface area contributed by atoms with Crippen molar-refractivity contribution in [3.05, 3.63) is 52.2 Å². The van der Waals surface area contributed by atoms with Crippen LogP contribution in [0.4, 0.5) is 0 Å². The number of esters is 1. The normalized spacial score (nSPS) is 12.3. The van der Waals surface area contributed by atoms with Gasteiger partial charge in [-0.25, -0.2) is 14.5 Å². The molecular formula is C16H15ClN4O3. The highest BCUT2D eigenvalue weighted by Crippen LogP contribution is 2.17. The summed E-state index contributed by atoms with van der Waals surface area (Å²) in [5, 5.41) is 5.15. The Morgan fingerprint density at radius 1 is 1.33 bits per heavy atom. The predicted octanol–water partition coefficient (Wildman–Crippen LogP) is 2.36. The molecule has 2 aromatic heterocycles. The first-order chi connectivity index (χ1) is 11.5. The summed E-state index contributed by atoms with van der Waals surface area (Å²) in [7, 11) is 0. The monoisotopic (exact) mass is 346 g/mol. The SMILES string of the molecule is CCOC(=O)[C@@H](C)n1cnc2c(cnn2-c2ccc(Cl)cc2)c1=O. The Bertz CT molecular complexity index is 946. The number of benzene rings is 1. The number of hydrogen-bond donors (Lipinski definition) is 0. The average molecular weight is 347 g/mol. The molecule has 0 saturated heterocycles. The maximum Gasteiger partial charge on any atom is 0.328 e. The van der Waals surface area contributed by atoms with E-state index in [1.807, 2.05) is 0 Å². The van der Waals surface area contributed by atoms with Gasteiger partial charge in [0.2, 0.25) is 0 Å². The van der Waals surface area contributed by atoms with Crippen molar-refractivity contribution in [2.24, 2.45) is 0 Å². The van der Waals surface area contributed by atoms with Gasteiger partial charge in [-0.1, -0.05) is 11.6 Å². The van der Waals surface area contributed by atoms with E-state index in [1.165, 1.54) is 17.1 Å². The fraction of sp³-hybridized carbons (Fsp3) is 0.250. The first kappa shape index (κ1) is 16.2. The fourth-order valence-corrected chi connectivity index (χ4v) is 2.48. The number of carbonyl (C=O) groups excluding carboxylic acids is 1. The van der Waals surface area contributed by atoms with Crippen molar-refractivity contribution in [2.75, 3.05) is 6.61 Å². The van der Waals surface area contributed by atoms with Gasteiger partial charge in [0.05, 0.1) is 18.5 Å². The van der Waals surface area contributed by atoms with Crippen molar-refractivity contribution in [3.8, 4) is 5.69 Å². The smallest absolute Gasteiger partial charge is 0.328 e. The van der Waals surface area contributed by atoms with Crippen molar-refractivity contribution in [3.63, 3.8) is 0 Å². The van der Waals surface area contributed by atoms with Crippen molar-refractivity contribution >= 4 is 28.6 Å². The van der Waals surface area contributed by atoms with Crippen LogP contribution in [0.1, 0.15) is 19.9 Å². The number of ether oxygens (including phenoxy) is 1. The third-order valence-corrected chi connectivity index (χ3v) is 3.88. The molecule has 0 saturated carbocycles. The van der Waals surface area contributed by atoms with Crippen LogP contribution in [0.2, 0.25) is 5.02 Å². The van der Waals surface area contributed by atoms with E-state index < -0.39 is 12.0 Å². The van der Waals surface area contributed by atoms with Crippen LogP contribution in [0.15, 0.2) is 41.6 Å². The first-order valence-electron chi connectivity index (χ1n) is 7.40. The lowest BCUT2D eigenvalue weighted by atomic mass is 10.3. The summed E-state index contributed by atoms with van der Waals surface area (Å²) in [6.07, 6.45) is 2.77. The minimum atomic E-state index is -0.756. The Labute approximate surface area is 142 Å². The molecule has 0 radical (unpaired) electrons. The van der Waals surface area contributed by atoms with E-state index in [0.717, 1.165) is 5.69 Å². The molecule has 0 spiro atoms. The summed E-state index contributed by atoms with van der Waals surface area (Å²) in [6.45, 7) is 3.56. The quantitative estimate of drug-likeness (QED) is 0.677. The van der Waals surface area contributed by atoms with E-state index in [1.54, 1.807) is 42.8 Å². The molecule has 0 unspecified atom stereocenters. The highest BCUT2D eigenvalue weighted by molar-refractivity contribution is 6.30. The average Bonchev–Trinajstić information content (AvgIpc) is 3.00. The van der Waals surface area contributed by atoms with E-state index in [4.69, 9.17) is 16.3 Å². The molecule has 0 aliphatic rings.